The predicted octanol–water partition coefficient (Wildman–Crippen LogP) is 3.19. The number of thioether (sulfide) groups is 1. The Bertz CT molecular complexity index is 513. The van der Waals surface area contributed by atoms with Gasteiger partial charge in [-0.3, -0.25) is 4.79 Å². The minimum atomic E-state index is -3.99. The molecule has 4 nitrogen and oxygen atoms in total. The molecular formula is C10H6F2I2O4S. The van der Waals surface area contributed by atoms with Gasteiger partial charge in [0.05, 0.1) is 12.9 Å². The minimum absolute atomic E-state index is 0.0151. The molecule has 0 aliphatic rings. The van der Waals surface area contributed by atoms with Gasteiger partial charge in [0.1, 0.15) is 5.75 Å². The van der Waals surface area contributed by atoms with Crippen molar-refractivity contribution in [2.24, 2.45) is 0 Å². The van der Waals surface area contributed by atoms with Gasteiger partial charge in [0, 0.05) is 5.56 Å². The summed E-state index contributed by atoms with van der Waals surface area (Å²) in [6.45, 7) is 0. The highest BCUT2D eigenvalue weighted by atomic mass is 127. The Morgan fingerprint density at radius 2 is 1.74 bits per heavy atom. The highest BCUT2D eigenvalue weighted by Crippen LogP contribution is 2.31. The molecule has 0 aromatic heterocycles. The molecule has 0 radical (unpaired) electrons. The zero-order valence-electron chi connectivity index (χ0n) is 8.99. The van der Waals surface area contributed by atoms with E-state index in [9.17, 15) is 23.5 Å². The van der Waals surface area contributed by atoms with Crippen LogP contribution in [0.5, 0.6) is 5.75 Å². The van der Waals surface area contributed by atoms with E-state index in [1.165, 1.54) is 12.1 Å². The number of carbonyl (C=O) groups is 2. The summed E-state index contributed by atoms with van der Waals surface area (Å²) in [6, 6.07) is 2.72. The summed E-state index contributed by atoms with van der Waals surface area (Å²) >= 11 is 3.37. The van der Waals surface area contributed by atoms with Crippen molar-refractivity contribution in [3.05, 3.63) is 24.8 Å². The van der Waals surface area contributed by atoms with Gasteiger partial charge in [-0.15, -0.1) is 0 Å². The molecule has 19 heavy (non-hydrogen) atoms. The first-order valence-corrected chi connectivity index (χ1v) is 7.76. The fraction of sp³-hybridized carbons (Fsp3) is 0.200. The van der Waals surface area contributed by atoms with Gasteiger partial charge in [-0.25, -0.2) is 4.79 Å². The fourth-order valence-corrected chi connectivity index (χ4v) is 3.40. The number of rotatable bonds is 5. The lowest BCUT2D eigenvalue weighted by atomic mass is 10.1. The molecule has 0 aliphatic carbocycles. The van der Waals surface area contributed by atoms with Gasteiger partial charge in [-0.2, -0.15) is 8.78 Å². The van der Waals surface area contributed by atoms with Crippen molar-refractivity contribution in [3.8, 4) is 5.75 Å². The maximum absolute atomic E-state index is 12.8. The molecule has 1 aromatic carbocycles. The third kappa shape index (κ3) is 4.41. The Morgan fingerprint density at radius 1 is 1.26 bits per heavy atom. The van der Waals surface area contributed by atoms with E-state index >= 15 is 0 Å². The highest BCUT2D eigenvalue weighted by molar-refractivity contribution is 14.1. The zero-order valence-corrected chi connectivity index (χ0v) is 14.1. The lowest BCUT2D eigenvalue weighted by Crippen LogP contribution is -2.25. The van der Waals surface area contributed by atoms with Crippen molar-refractivity contribution in [3.63, 3.8) is 0 Å². The van der Waals surface area contributed by atoms with Gasteiger partial charge in [0.25, 0.3) is 0 Å². The molecule has 1 aromatic rings. The largest absolute Gasteiger partial charge is 0.506 e. The van der Waals surface area contributed by atoms with Crippen LogP contribution >= 0.6 is 56.9 Å². The third-order valence-electron chi connectivity index (χ3n) is 1.97. The SMILES string of the molecule is O=C(CSC(F)(F)C(=O)O)c1cc(I)c(O)c(I)c1. The number of phenols is 1. The van der Waals surface area contributed by atoms with E-state index in [0.717, 1.165) is 0 Å². The molecule has 0 saturated heterocycles. The number of hydrogen-bond acceptors (Lipinski definition) is 4. The van der Waals surface area contributed by atoms with E-state index < -0.39 is 22.8 Å². The standard InChI is InChI=1S/C10H6F2I2O4S/c11-10(12,9(17)18)19-3-7(15)4-1-5(13)8(16)6(14)2-4/h1-2,16H,3H2,(H,17,18). The third-order valence-corrected chi connectivity index (χ3v) is 4.56. The number of aliphatic carboxylic acids is 1. The normalized spacial score (nSPS) is 11.4. The number of alkyl halides is 2. The lowest BCUT2D eigenvalue weighted by molar-refractivity contribution is -0.152. The van der Waals surface area contributed by atoms with Crippen molar-refractivity contribution >= 4 is 68.7 Å². The van der Waals surface area contributed by atoms with Crippen LogP contribution in [-0.4, -0.2) is 33.0 Å². The number of carboxylic acid groups (broad SMARTS) is 1. The molecule has 2 N–H and O–H groups in total. The van der Waals surface area contributed by atoms with E-state index in [-0.39, 0.29) is 23.1 Å². The second-order valence-electron chi connectivity index (χ2n) is 3.32. The number of Topliss-reactive ketones (excluding diaryl/α,β-unsaturated/α-hetero) is 1. The molecule has 0 fully saturated rings. The molecule has 0 amide bonds. The summed E-state index contributed by atoms with van der Waals surface area (Å²) in [5.41, 5.74) is 0.153. The van der Waals surface area contributed by atoms with Crippen LogP contribution in [0.25, 0.3) is 0 Å². The first-order chi connectivity index (χ1) is 8.65. The van der Waals surface area contributed by atoms with E-state index in [1.54, 1.807) is 0 Å². The van der Waals surface area contributed by atoms with Gasteiger partial charge in [0.15, 0.2) is 5.78 Å². The molecule has 0 aliphatic heterocycles. The van der Waals surface area contributed by atoms with Gasteiger partial charge in [-0.05, 0) is 57.3 Å². The summed E-state index contributed by atoms with van der Waals surface area (Å²) in [5, 5.41) is 13.8. The number of aromatic hydroxyl groups is 1. The number of halogens is 4. The summed E-state index contributed by atoms with van der Waals surface area (Å²) in [4.78, 5) is 21.9. The molecule has 0 bridgehead atoms. The molecule has 9 heteroatoms. The lowest BCUT2D eigenvalue weighted by Gasteiger charge is -2.10. The van der Waals surface area contributed by atoms with Crippen LogP contribution in [0.15, 0.2) is 12.1 Å². The first-order valence-electron chi connectivity index (χ1n) is 4.61. The van der Waals surface area contributed by atoms with Crippen LogP contribution in [-0.2, 0) is 4.79 Å². The maximum Gasteiger partial charge on any atom is 0.389 e. The van der Waals surface area contributed by atoms with Gasteiger partial charge in [0.2, 0.25) is 0 Å². The van der Waals surface area contributed by atoms with Crippen molar-refractivity contribution in [2.75, 3.05) is 5.75 Å². The number of ketones is 1. The number of hydrogen-bond donors (Lipinski definition) is 2. The second kappa shape index (κ2) is 6.52. The predicted molar refractivity (Wildman–Crippen MR) is 82.9 cm³/mol. The van der Waals surface area contributed by atoms with Crippen LogP contribution in [0, 0.1) is 7.14 Å². The van der Waals surface area contributed by atoms with Crippen LogP contribution in [0.2, 0.25) is 0 Å². The summed E-state index contributed by atoms with van der Waals surface area (Å²) in [5.74, 6) is -3.54. The van der Waals surface area contributed by atoms with E-state index in [2.05, 4.69) is 0 Å². The molecule has 0 spiro atoms. The molecule has 0 heterocycles. The van der Waals surface area contributed by atoms with E-state index in [0.29, 0.717) is 7.14 Å². The molecule has 104 valence electrons. The minimum Gasteiger partial charge on any atom is -0.506 e. The van der Waals surface area contributed by atoms with E-state index in [4.69, 9.17) is 5.11 Å². The monoisotopic (exact) mass is 514 g/mol. The Balaban J connectivity index is 2.83. The average molecular weight is 514 g/mol. The van der Waals surface area contributed by atoms with Crippen molar-refractivity contribution in [2.45, 2.75) is 5.25 Å². The van der Waals surface area contributed by atoms with E-state index in [1.807, 2.05) is 45.2 Å². The number of carboxylic acids is 1. The molecule has 0 atom stereocenters. The van der Waals surface area contributed by atoms with Crippen LogP contribution < -0.4 is 0 Å². The zero-order chi connectivity index (χ0) is 14.8. The van der Waals surface area contributed by atoms with Gasteiger partial charge in [-0.1, -0.05) is 11.8 Å². The highest BCUT2D eigenvalue weighted by Gasteiger charge is 2.40. The van der Waals surface area contributed by atoms with Crippen molar-refractivity contribution in [1.82, 2.24) is 0 Å². The second-order valence-corrected chi connectivity index (χ2v) is 6.74. The van der Waals surface area contributed by atoms with Gasteiger partial charge < -0.3 is 10.2 Å². The van der Waals surface area contributed by atoms with Crippen LogP contribution in [0.4, 0.5) is 8.78 Å². The number of phenolic OH excluding ortho intramolecular Hbond substituents is 1. The topological polar surface area (TPSA) is 74.6 Å². The first kappa shape index (κ1) is 16.9. The summed E-state index contributed by atoms with van der Waals surface area (Å²) in [6.07, 6.45) is 0. The van der Waals surface area contributed by atoms with Crippen LogP contribution in [0.3, 0.4) is 0 Å². The summed E-state index contributed by atoms with van der Waals surface area (Å²) in [7, 11) is 0. The van der Waals surface area contributed by atoms with Gasteiger partial charge >= 0.3 is 11.2 Å². The molecular weight excluding hydrogens is 508 g/mol. The van der Waals surface area contributed by atoms with Crippen molar-refractivity contribution in [1.29, 1.82) is 0 Å². The Hall–Kier alpha value is -0.170. The molecule has 1 rings (SSSR count). The number of benzene rings is 1. The quantitative estimate of drug-likeness (QED) is 0.467. The number of carbonyl (C=O) groups excluding carboxylic acids is 1. The Kier molecular flexibility index (Phi) is 5.79. The molecule has 0 saturated carbocycles. The fourth-order valence-electron chi connectivity index (χ4n) is 1.03. The summed E-state index contributed by atoms with van der Waals surface area (Å²) < 4.78 is 26.5. The smallest absolute Gasteiger partial charge is 0.389 e. The Labute approximate surface area is 138 Å². The van der Waals surface area contributed by atoms with Crippen molar-refractivity contribution < 1.29 is 28.6 Å². The molecule has 0 unspecified atom stereocenters. The average Bonchev–Trinajstić information content (AvgIpc) is 2.32. The Morgan fingerprint density at radius 3 is 2.16 bits per heavy atom. The maximum atomic E-state index is 12.8. The van der Waals surface area contributed by atoms with Crippen LogP contribution in [0.1, 0.15) is 10.4 Å².